The van der Waals surface area contributed by atoms with Gasteiger partial charge in [-0.25, -0.2) is 0 Å². The second kappa shape index (κ2) is 7.77. The Morgan fingerprint density at radius 2 is 2.05 bits per heavy atom. The highest BCUT2D eigenvalue weighted by atomic mass is 16.3. The highest BCUT2D eigenvalue weighted by Gasteiger charge is 2.27. The summed E-state index contributed by atoms with van der Waals surface area (Å²) < 4.78 is 0. The molecule has 1 fully saturated rings. The molecule has 0 aliphatic heterocycles. The smallest absolute Gasteiger partial charge is 0.0474 e. The number of aryl methyl sites for hydroxylation is 1. The van der Waals surface area contributed by atoms with E-state index < -0.39 is 0 Å². The third-order valence-electron chi connectivity index (χ3n) is 4.61. The maximum absolute atomic E-state index is 9.55. The van der Waals surface area contributed by atoms with Crippen LogP contribution in [0.4, 0.5) is 0 Å². The third kappa shape index (κ3) is 3.60. The fraction of sp³-hybridized carbons (Fsp3) is 0.647. The first kappa shape index (κ1) is 15.5. The van der Waals surface area contributed by atoms with E-state index in [1.165, 1.54) is 24.0 Å². The van der Waals surface area contributed by atoms with Crippen LogP contribution in [0.2, 0.25) is 0 Å². The number of aliphatic hydroxyl groups excluding tert-OH is 1. The van der Waals surface area contributed by atoms with Crippen LogP contribution in [0.3, 0.4) is 0 Å². The Morgan fingerprint density at radius 1 is 1.30 bits per heavy atom. The lowest BCUT2D eigenvalue weighted by molar-refractivity contribution is 0.146. The zero-order chi connectivity index (χ0) is 14.4. The molecule has 0 bridgehead atoms. The van der Waals surface area contributed by atoms with Crippen molar-refractivity contribution in [2.24, 2.45) is 11.7 Å². The summed E-state index contributed by atoms with van der Waals surface area (Å²) in [5.41, 5.74) is 8.69. The van der Waals surface area contributed by atoms with Crippen molar-refractivity contribution in [3.63, 3.8) is 0 Å². The van der Waals surface area contributed by atoms with Crippen molar-refractivity contribution in [3.8, 4) is 0 Å². The highest BCUT2D eigenvalue weighted by molar-refractivity contribution is 5.30. The summed E-state index contributed by atoms with van der Waals surface area (Å²) in [6.45, 7) is 3.07. The summed E-state index contributed by atoms with van der Waals surface area (Å²) in [7, 11) is 0. The molecule has 1 saturated carbocycles. The molecule has 3 unspecified atom stereocenters. The largest absolute Gasteiger partial charge is 0.396 e. The van der Waals surface area contributed by atoms with Crippen LogP contribution in [-0.4, -0.2) is 24.3 Å². The van der Waals surface area contributed by atoms with E-state index in [4.69, 9.17) is 5.73 Å². The number of nitrogens with one attached hydrogen (secondary N) is 1. The highest BCUT2D eigenvalue weighted by Crippen LogP contribution is 2.27. The molecule has 1 aliphatic carbocycles. The lowest BCUT2D eigenvalue weighted by Crippen LogP contribution is -2.44. The molecule has 0 saturated heterocycles. The SMILES string of the molecule is CCc1ccccc1C(CN)NC1CCCCC1CO. The number of nitrogens with two attached hydrogens (primary N) is 1. The van der Waals surface area contributed by atoms with Gasteiger partial charge >= 0.3 is 0 Å². The molecule has 0 heterocycles. The zero-order valence-corrected chi connectivity index (χ0v) is 12.5. The molecule has 1 aliphatic rings. The van der Waals surface area contributed by atoms with Crippen LogP contribution < -0.4 is 11.1 Å². The van der Waals surface area contributed by atoms with E-state index >= 15 is 0 Å². The van der Waals surface area contributed by atoms with Crippen LogP contribution in [0.5, 0.6) is 0 Å². The Bertz CT molecular complexity index is 408. The average Bonchev–Trinajstić information content (AvgIpc) is 2.53. The lowest BCUT2D eigenvalue weighted by Gasteiger charge is -2.34. The second-order valence-electron chi connectivity index (χ2n) is 5.84. The van der Waals surface area contributed by atoms with E-state index in [1.807, 2.05) is 0 Å². The fourth-order valence-electron chi connectivity index (χ4n) is 3.38. The number of rotatable bonds is 6. The maximum Gasteiger partial charge on any atom is 0.0474 e. The van der Waals surface area contributed by atoms with Gasteiger partial charge in [0.2, 0.25) is 0 Å². The molecule has 112 valence electrons. The number of aliphatic hydroxyl groups is 1. The first-order chi connectivity index (χ1) is 9.80. The van der Waals surface area contributed by atoms with Gasteiger partial charge in [0, 0.05) is 25.2 Å². The molecular weight excluding hydrogens is 248 g/mol. The average molecular weight is 276 g/mol. The van der Waals surface area contributed by atoms with Crippen molar-refractivity contribution in [1.82, 2.24) is 5.32 Å². The molecule has 20 heavy (non-hydrogen) atoms. The van der Waals surface area contributed by atoms with E-state index in [9.17, 15) is 5.11 Å². The van der Waals surface area contributed by atoms with E-state index in [-0.39, 0.29) is 12.6 Å². The van der Waals surface area contributed by atoms with Crippen LogP contribution in [0.1, 0.15) is 49.8 Å². The van der Waals surface area contributed by atoms with Gasteiger partial charge in [-0.1, -0.05) is 44.0 Å². The molecule has 3 atom stereocenters. The summed E-state index contributed by atoms with van der Waals surface area (Å²) in [5.74, 6) is 0.381. The Balaban J connectivity index is 2.11. The Hall–Kier alpha value is -0.900. The maximum atomic E-state index is 9.55. The van der Waals surface area contributed by atoms with Gasteiger partial charge in [-0.15, -0.1) is 0 Å². The number of hydrogen-bond acceptors (Lipinski definition) is 3. The van der Waals surface area contributed by atoms with Crippen molar-refractivity contribution in [3.05, 3.63) is 35.4 Å². The standard InChI is InChI=1S/C17H28N2O/c1-2-13-7-3-5-9-15(13)17(11-18)19-16-10-6-4-8-14(16)12-20/h3,5,7,9,14,16-17,19-20H,2,4,6,8,10-12,18H2,1H3. The summed E-state index contributed by atoms with van der Waals surface area (Å²) in [5, 5.41) is 13.3. The van der Waals surface area contributed by atoms with Gasteiger partial charge in [0.05, 0.1) is 0 Å². The number of benzene rings is 1. The van der Waals surface area contributed by atoms with Crippen LogP contribution >= 0.6 is 0 Å². The molecule has 0 amide bonds. The molecule has 1 aromatic rings. The molecule has 4 N–H and O–H groups in total. The molecule has 2 rings (SSSR count). The minimum atomic E-state index is 0.197. The first-order valence-electron chi connectivity index (χ1n) is 7.94. The Labute approximate surface area is 122 Å². The summed E-state index contributed by atoms with van der Waals surface area (Å²) in [6.07, 6.45) is 5.79. The van der Waals surface area contributed by atoms with E-state index in [2.05, 4.69) is 36.5 Å². The lowest BCUT2D eigenvalue weighted by atomic mass is 9.84. The first-order valence-corrected chi connectivity index (χ1v) is 7.94. The quantitative estimate of drug-likeness (QED) is 0.748. The number of hydrogen-bond donors (Lipinski definition) is 3. The van der Waals surface area contributed by atoms with Gasteiger partial charge in [0.25, 0.3) is 0 Å². The van der Waals surface area contributed by atoms with E-state index in [0.717, 1.165) is 19.3 Å². The van der Waals surface area contributed by atoms with Gasteiger partial charge in [-0.3, -0.25) is 0 Å². The topological polar surface area (TPSA) is 58.3 Å². The second-order valence-corrected chi connectivity index (χ2v) is 5.84. The normalized spacial score (nSPS) is 24.6. The molecule has 0 aromatic heterocycles. The molecular formula is C17H28N2O. The minimum Gasteiger partial charge on any atom is -0.396 e. The van der Waals surface area contributed by atoms with Crippen molar-refractivity contribution in [1.29, 1.82) is 0 Å². The zero-order valence-electron chi connectivity index (χ0n) is 12.5. The van der Waals surface area contributed by atoms with Crippen LogP contribution in [0, 0.1) is 5.92 Å². The van der Waals surface area contributed by atoms with Crippen LogP contribution in [-0.2, 0) is 6.42 Å². The van der Waals surface area contributed by atoms with Crippen molar-refractivity contribution in [2.45, 2.75) is 51.1 Å². The predicted molar refractivity (Wildman–Crippen MR) is 83.6 cm³/mol. The van der Waals surface area contributed by atoms with E-state index in [1.54, 1.807) is 0 Å². The van der Waals surface area contributed by atoms with Crippen LogP contribution in [0.25, 0.3) is 0 Å². The third-order valence-corrected chi connectivity index (χ3v) is 4.61. The van der Waals surface area contributed by atoms with E-state index in [0.29, 0.717) is 18.5 Å². The Kier molecular flexibility index (Phi) is 6.02. The van der Waals surface area contributed by atoms with Gasteiger partial charge in [0.1, 0.15) is 0 Å². The van der Waals surface area contributed by atoms with Crippen molar-refractivity contribution >= 4 is 0 Å². The van der Waals surface area contributed by atoms with Gasteiger partial charge in [0.15, 0.2) is 0 Å². The molecule has 3 heteroatoms. The van der Waals surface area contributed by atoms with Gasteiger partial charge < -0.3 is 16.2 Å². The molecule has 1 aromatic carbocycles. The van der Waals surface area contributed by atoms with Crippen molar-refractivity contribution in [2.75, 3.05) is 13.2 Å². The van der Waals surface area contributed by atoms with Gasteiger partial charge in [-0.05, 0) is 36.3 Å². The Morgan fingerprint density at radius 3 is 2.75 bits per heavy atom. The predicted octanol–water partition coefficient (Wildman–Crippen LogP) is 2.39. The monoisotopic (exact) mass is 276 g/mol. The molecule has 0 radical (unpaired) electrons. The summed E-state index contributed by atoms with van der Waals surface area (Å²) in [6, 6.07) is 9.14. The molecule has 0 spiro atoms. The minimum absolute atomic E-state index is 0.197. The summed E-state index contributed by atoms with van der Waals surface area (Å²) >= 11 is 0. The summed E-state index contributed by atoms with van der Waals surface area (Å²) in [4.78, 5) is 0. The van der Waals surface area contributed by atoms with Crippen molar-refractivity contribution < 1.29 is 5.11 Å². The van der Waals surface area contributed by atoms with Crippen LogP contribution in [0.15, 0.2) is 24.3 Å². The molecule has 3 nitrogen and oxygen atoms in total. The fourth-order valence-corrected chi connectivity index (χ4v) is 3.38. The van der Waals surface area contributed by atoms with Gasteiger partial charge in [-0.2, -0.15) is 0 Å².